The van der Waals surface area contributed by atoms with Gasteiger partial charge in [0.1, 0.15) is 6.10 Å². The van der Waals surface area contributed by atoms with Gasteiger partial charge in [-0.1, -0.05) is 74.3 Å². The summed E-state index contributed by atoms with van der Waals surface area (Å²) in [7, 11) is 0. The minimum atomic E-state index is -0.655. The Morgan fingerprint density at radius 2 is 1.52 bits per heavy atom. The van der Waals surface area contributed by atoms with Gasteiger partial charge in [0.05, 0.1) is 0 Å². The Kier molecular flexibility index (Phi) is 4.16. The zero-order chi connectivity index (χ0) is 15.0. The second-order valence-corrected chi connectivity index (χ2v) is 6.86. The predicted octanol–water partition coefficient (Wildman–Crippen LogP) is 5.75. The first kappa shape index (κ1) is 14.8. The first-order valence-corrected chi connectivity index (χ1v) is 8.28. The summed E-state index contributed by atoms with van der Waals surface area (Å²) in [6.07, 6.45) is -0.655. The van der Waals surface area contributed by atoms with Crippen molar-refractivity contribution in [1.29, 1.82) is 0 Å². The van der Waals surface area contributed by atoms with Gasteiger partial charge < -0.3 is 5.11 Å². The molecule has 0 amide bonds. The number of fused-ring (bicyclic) bond motifs is 1. The van der Waals surface area contributed by atoms with Gasteiger partial charge in [-0.05, 0) is 46.5 Å². The number of hydrogen-bond donors (Lipinski definition) is 1. The van der Waals surface area contributed by atoms with E-state index in [1.807, 2.05) is 36.4 Å². The van der Waals surface area contributed by atoms with Gasteiger partial charge in [-0.3, -0.25) is 0 Å². The Morgan fingerprint density at radius 3 is 2.24 bits per heavy atom. The number of aryl methyl sites for hydroxylation is 1. The Bertz CT molecular complexity index is 811. The molecule has 0 radical (unpaired) electrons. The smallest absolute Gasteiger partial charge is 0.106 e. The van der Waals surface area contributed by atoms with Crippen LogP contribution in [0.2, 0.25) is 0 Å². The van der Waals surface area contributed by atoms with Crippen molar-refractivity contribution in [2.45, 2.75) is 13.0 Å². The van der Waals surface area contributed by atoms with Gasteiger partial charge in [0.25, 0.3) is 0 Å². The summed E-state index contributed by atoms with van der Waals surface area (Å²) >= 11 is 6.97. The van der Waals surface area contributed by atoms with Crippen LogP contribution in [0, 0.1) is 6.92 Å². The molecule has 3 aromatic rings. The second kappa shape index (κ2) is 5.91. The highest BCUT2D eigenvalue weighted by molar-refractivity contribution is 9.11. The molecule has 0 aromatic heterocycles. The third-order valence-corrected chi connectivity index (χ3v) is 4.91. The SMILES string of the molecule is Cc1ccc(C(O)c2ccc(Br)cc2Br)c2ccccc12. The monoisotopic (exact) mass is 404 g/mol. The highest BCUT2D eigenvalue weighted by atomic mass is 79.9. The lowest BCUT2D eigenvalue weighted by molar-refractivity contribution is 0.221. The molecule has 0 saturated carbocycles. The molecule has 0 fully saturated rings. The van der Waals surface area contributed by atoms with Crippen LogP contribution in [0.4, 0.5) is 0 Å². The van der Waals surface area contributed by atoms with E-state index in [0.29, 0.717) is 0 Å². The minimum Gasteiger partial charge on any atom is -0.384 e. The Balaban J connectivity index is 2.18. The van der Waals surface area contributed by atoms with Crippen molar-refractivity contribution < 1.29 is 5.11 Å². The Labute approximate surface area is 140 Å². The molecule has 1 nitrogen and oxygen atoms in total. The van der Waals surface area contributed by atoms with E-state index in [0.717, 1.165) is 25.5 Å². The van der Waals surface area contributed by atoms with Gasteiger partial charge in [0, 0.05) is 8.95 Å². The maximum absolute atomic E-state index is 10.8. The second-order valence-electron chi connectivity index (χ2n) is 5.09. The number of halogens is 2. The Morgan fingerprint density at radius 1 is 0.857 bits per heavy atom. The van der Waals surface area contributed by atoms with Gasteiger partial charge in [-0.2, -0.15) is 0 Å². The summed E-state index contributed by atoms with van der Waals surface area (Å²) < 4.78 is 1.88. The molecule has 106 valence electrons. The number of benzene rings is 3. The van der Waals surface area contributed by atoms with Crippen molar-refractivity contribution in [3.05, 3.63) is 80.2 Å². The van der Waals surface area contributed by atoms with E-state index in [1.54, 1.807) is 0 Å². The number of rotatable bonds is 2. The third-order valence-electron chi connectivity index (χ3n) is 3.73. The molecule has 0 spiro atoms. The van der Waals surface area contributed by atoms with Crippen LogP contribution >= 0.6 is 31.9 Å². The van der Waals surface area contributed by atoms with Crippen molar-refractivity contribution in [3.63, 3.8) is 0 Å². The fraction of sp³-hybridized carbons (Fsp3) is 0.111. The summed E-state index contributed by atoms with van der Waals surface area (Å²) in [5.41, 5.74) is 3.02. The van der Waals surface area contributed by atoms with Crippen molar-refractivity contribution >= 4 is 42.6 Å². The van der Waals surface area contributed by atoms with E-state index in [4.69, 9.17) is 0 Å². The molecule has 1 unspecified atom stereocenters. The van der Waals surface area contributed by atoms with Crippen LogP contribution in [0.25, 0.3) is 10.8 Å². The maximum atomic E-state index is 10.8. The van der Waals surface area contributed by atoms with Gasteiger partial charge in [-0.25, -0.2) is 0 Å². The predicted molar refractivity (Wildman–Crippen MR) is 94.6 cm³/mol. The quantitative estimate of drug-likeness (QED) is 0.574. The maximum Gasteiger partial charge on any atom is 0.106 e. The van der Waals surface area contributed by atoms with E-state index in [-0.39, 0.29) is 0 Å². The molecule has 1 atom stereocenters. The van der Waals surface area contributed by atoms with E-state index in [1.165, 1.54) is 10.9 Å². The molecule has 1 N–H and O–H groups in total. The van der Waals surface area contributed by atoms with Gasteiger partial charge >= 0.3 is 0 Å². The molecule has 0 saturated heterocycles. The lowest BCUT2D eigenvalue weighted by atomic mass is 9.94. The van der Waals surface area contributed by atoms with E-state index < -0.39 is 6.10 Å². The van der Waals surface area contributed by atoms with Crippen LogP contribution < -0.4 is 0 Å². The van der Waals surface area contributed by atoms with Crippen LogP contribution in [0.3, 0.4) is 0 Å². The molecule has 0 bridgehead atoms. The molecule has 3 rings (SSSR count). The van der Waals surface area contributed by atoms with Crippen molar-refractivity contribution in [2.24, 2.45) is 0 Å². The topological polar surface area (TPSA) is 20.2 Å². The van der Waals surface area contributed by atoms with Crippen LogP contribution in [-0.2, 0) is 0 Å². The van der Waals surface area contributed by atoms with Gasteiger partial charge in [0.15, 0.2) is 0 Å². The number of aliphatic hydroxyl groups is 1. The summed E-state index contributed by atoms with van der Waals surface area (Å²) in [4.78, 5) is 0. The van der Waals surface area contributed by atoms with Crippen molar-refractivity contribution in [3.8, 4) is 0 Å². The van der Waals surface area contributed by atoms with Gasteiger partial charge in [-0.15, -0.1) is 0 Å². The van der Waals surface area contributed by atoms with Crippen molar-refractivity contribution in [2.75, 3.05) is 0 Å². The third kappa shape index (κ3) is 2.78. The van der Waals surface area contributed by atoms with Crippen LogP contribution in [0.15, 0.2) is 63.5 Å². The molecular formula is C18H14Br2O. The Hall–Kier alpha value is -1.16. The average molecular weight is 406 g/mol. The van der Waals surface area contributed by atoms with Crippen LogP contribution in [0.5, 0.6) is 0 Å². The highest BCUT2D eigenvalue weighted by Gasteiger charge is 2.16. The van der Waals surface area contributed by atoms with E-state index in [2.05, 4.69) is 57.0 Å². The zero-order valence-electron chi connectivity index (χ0n) is 11.5. The van der Waals surface area contributed by atoms with E-state index >= 15 is 0 Å². The summed E-state index contributed by atoms with van der Waals surface area (Å²) in [6.45, 7) is 2.09. The fourth-order valence-corrected chi connectivity index (χ4v) is 3.87. The molecule has 0 aliphatic rings. The summed E-state index contributed by atoms with van der Waals surface area (Å²) in [5, 5.41) is 13.1. The number of hydrogen-bond acceptors (Lipinski definition) is 1. The standard InChI is InChI=1S/C18H14Br2O/c1-11-6-8-15(14-5-3-2-4-13(11)14)18(21)16-9-7-12(19)10-17(16)20/h2-10,18,21H,1H3. The molecule has 3 aromatic carbocycles. The largest absolute Gasteiger partial charge is 0.384 e. The fourth-order valence-electron chi connectivity index (χ4n) is 2.60. The van der Waals surface area contributed by atoms with E-state index in [9.17, 15) is 5.11 Å². The molecular weight excluding hydrogens is 392 g/mol. The minimum absolute atomic E-state index is 0.655. The zero-order valence-corrected chi connectivity index (χ0v) is 14.6. The first-order chi connectivity index (χ1) is 10.1. The lowest BCUT2D eigenvalue weighted by Gasteiger charge is -2.17. The average Bonchev–Trinajstić information content (AvgIpc) is 2.47. The van der Waals surface area contributed by atoms with Crippen molar-refractivity contribution in [1.82, 2.24) is 0 Å². The van der Waals surface area contributed by atoms with Crippen LogP contribution in [0.1, 0.15) is 22.8 Å². The molecule has 0 heterocycles. The summed E-state index contributed by atoms with van der Waals surface area (Å²) in [6, 6.07) is 18.1. The highest BCUT2D eigenvalue weighted by Crippen LogP contribution is 2.34. The molecule has 3 heteroatoms. The van der Waals surface area contributed by atoms with Gasteiger partial charge in [0.2, 0.25) is 0 Å². The molecule has 21 heavy (non-hydrogen) atoms. The number of aliphatic hydroxyl groups excluding tert-OH is 1. The van der Waals surface area contributed by atoms with Crippen LogP contribution in [-0.4, -0.2) is 5.11 Å². The molecule has 0 aliphatic carbocycles. The lowest BCUT2D eigenvalue weighted by Crippen LogP contribution is -2.02. The normalized spacial score (nSPS) is 12.6. The first-order valence-electron chi connectivity index (χ1n) is 6.69. The summed E-state index contributed by atoms with van der Waals surface area (Å²) in [5.74, 6) is 0. The molecule has 0 aliphatic heterocycles.